The van der Waals surface area contributed by atoms with Gasteiger partial charge in [0.05, 0.1) is 18.0 Å². The summed E-state index contributed by atoms with van der Waals surface area (Å²) in [6, 6.07) is 2.99. The van der Waals surface area contributed by atoms with Gasteiger partial charge in [-0.15, -0.1) is 0 Å². The summed E-state index contributed by atoms with van der Waals surface area (Å²) in [5.74, 6) is -2.31. The summed E-state index contributed by atoms with van der Waals surface area (Å²) >= 11 is 0. The Hall–Kier alpha value is -3.60. The molecule has 2 N–H and O–H groups in total. The van der Waals surface area contributed by atoms with Crippen LogP contribution in [0, 0.1) is 5.82 Å². The third kappa shape index (κ3) is 5.58. The number of ether oxygens (including phenoxy) is 2. The van der Waals surface area contributed by atoms with Crippen molar-refractivity contribution in [3.63, 3.8) is 0 Å². The highest BCUT2D eigenvalue weighted by atomic mass is 32.2. The van der Waals surface area contributed by atoms with Gasteiger partial charge in [-0.25, -0.2) is 22.6 Å². The third-order valence-corrected chi connectivity index (χ3v) is 9.55. The summed E-state index contributed by atoms with van der Waals surface area (Å²) in [6.45, 7) is 1.33. The van der Waals surface area contributed by atoms with Crippen molar-refractivity contribution in [1.29, 1.82) is 0 Å². The zero-order valence-corrected chi connectivity index (χ0v) is 24.2. The molecular weight excluding hydrogens is 575 g/mol. The van der Waals surface area contributed by atoms with E-state index in [-0.39, 0.29) is 68.2 Å². The Balaban J connectivity index is 1.33. The van der Waals surface area contributed by atoms with Crippen LogP contribution < -0.4 is 10.9 Å². The first-order chi connectivity index (χ1) is 19.9. The van der Waals surface area contributed by atoms with E-state index in [2.05, 4.69) is 10.3 Å². The van der Waals surface area contributed by atoms with Crippen LogP contribution in [0.3, 0.4) is 0 Å². The van der Waals surface area contributed by atoms with Crippen LogP contribution in [-0.4, -0.2) is 109 Å². The Morgan fingerprint density at radius 2 is 1.79 bits per heavy atom. The number of halogens is 1. The number of carbonyl (C=O) groups excluding carboxylic acids is 2. The summed E-state index contributed by atoms with van der Waals surface area (Å²) in [5.41, 5.74) is -2.06. The molecular formula is C26H33FN6O8S. The molecule has 0 aliphatic carbocycles. The van der Waals surface area contributed by atoms with Gasteiger partial charge in [-0.2, -0.15) is 4.31 Å². The smallest absolute Gasteiger partial charge is 0.319 e. The van der Waals surface area contributed by atoms with Gasteiger partial charge in [-0.3, -0.25) is 14.2 Å². The maximum Gasteiger partial charge on any atom is 0.319 e. The van der Waals surface area contributed by atoms with Crippen LogP contribution >= 0.6 is 0 Å². The molecule has 3 aliphatic heterocycles. The lowest BCUT2D eigenvalue weighted by Crippen LogP contribution is -2.52. The van der Waals surface area contributed by atoms with Gasteiger partial charge in [-0.05, 0) is 23.8 Å². The minimum atomic E-state index is -4.10. The second kappa shape index (κ2) is 11.6. The van der Waals surface area contributed by atoms with E-state index in [1.54, 1.807) is 14.1 Å². The molecule has 42 heavy (non-hydrogen) atoms. The molecule has 1 spiro atoms. The Labute approximate surface area is 241 Å². The number of rotatable bonds is 5. The van der Waals surface area contributed by atoms with Gasteiger partial charge in [-0.1, -0.05) is 0 Å². The average molecular weight is 609 g/mol. The number of benzene rings is 1. The molecule has 2 fully saturated rings. The lowest BCUT2D eigenvalue weighted by molar-refractivity contribution is -0.139. The maximum absolute atomic E-state index is 14.6. The van der Waals surface area contributed by atoms with Crippen molar-refractivity contribution < 1.29 is 37.0 Å². The number of aromatic nitrogens is 2. The van der Waals surface area contributed by atoms with Crippen LogP contribution in [0.15, 0.2) is 27.9 Å². The number of hydrogen-bond acceptors (Lipinski definition) is 9. The molecule has 4 heterocycles. The number of hydrogen-bond donors (Lipinski definition) is 2. The number of nitrogens with zero attached hydrogens (tertiary/aromatic N) is 5. The predicted molar refractivity (Wildman–Crippen MR) is 145 cm³/mol. The zero-order valence-electron chi connectivity index (χ0n) is 23.3. The number of urea groups is 1. The third-order valence-electron chi connectivity index (χ3n) is 7.68. The molecule has 3 amide bonds. The molecule has 16 heteroatoms. The first-order valence-electron chi connectivity index (χ1n) is 13.5. The Morgan fingerprint density at radius 3 is 2.45 bits per heavy atom. The van der Waals surface area contributed by atoms with E-state index in [9.17, 15) is 32.3 Å². The van der Waals surface area contributed by atoms with E-state index in [0.717, 1.165) is 12.1 Å². The fourth-order valence-corrected chi connectivity index (χ4v) is 6.92. The number of amides is 3. The van der Waals surface area contributed by atoms with Crippen molar-refractivity contribution in [3.8, 4) is 5.75 Å². The molecule has 2 saturated heterocycles. The molecule has 0 bridgehead atoms. The molecule has 14 nitrogen and oxygen atoms in total. The van der Waals surface area contributed by atoms with Crippen LogP contribution in [0.5, 0.6) is 5.75 Å². The maximum atomic E-state index is 14.6. The molecule has 2 aromatic rings. The van der Waals surface area contributed by atoms with E-state index in [1.807, 2.05) is 0 Å². The fourth-order valence-electron chi connectivity index (χ4n) is 5.41. The average Bonchev–Trinajstić information content (AvgIpc) is 2.98. The monoisotopic (exact) mass is 608 g/mol. The number of aromatic hydroxyl groups is 1. The largest absolute Gasteiger partial charge is 0.501 e. The van der Waals surface area contributed by atoms with Crippen molar-refractivity contribution in [1.82, 2.24) is 29.0 Å². The van der Waals surface area contributed by atoms with Gasteiger partial charge < -0.3 is 29.7 Å². The van der Waals surface area contributed by atoms with Crippen molar-refractivity contribution in [2.75, 3.05) is 60.1 Å². The van der Waals surface area contributed by atoms with Crippen molar-refractivity contribution >= 4 is 22.0 Å². The number of fused-ring (bicyclic) bond motifs is 2. The molecule has 0 atom stereocenters. The Kier molecular flexibility index (Phi) is 8.24. The summed E-state index contributed by atoms with van der Waals surface area (Å²) in [6.07, 6.45) is 0.847. The number of nitrogens with one attached hydrogen (secondary N) is 1. The second-order valence-corrected chi connectivity index (χ2v) is 12.5. The van der Waals surface area contributed by atoms with Crippen LogP contribution in [0.25, 0.3) is 0 Å². The van der Waals surface area contributed by atoms with Crippen molar-refractivity contribution in [2.24, 2.45) is 0 Å². The van der Waals surface area contributed by atoms with Gasteiger partial charge in [0.15, 0.2) is 5.69 Å². The molecule has 1 aromatic heterocycles. The minimum absolute atomic E-state index is 0.0423. The highest BCUT2D eigenvalue weighted by Gasteiger charge is 2.43. The lowest BCUT2D eigenvalue weighted by atomic mass is 9.91. The second-order valence-electron chi connectivity index (χ2n) is 10.6. The minimum Gasteiger partial charge on any atom is -0.501 e. The van der Waals surface area contributed by atoms with Gasteiger partial charge in [0.25, 0.3) is 11.5 Å². The SMILES string of the molecule is CN(C)C(=O)N1CCN(S(=O)(=O)c2cc(F)cc(CNC(=O)c3nc4n(c(=O)c3O)CCOC43CCOCC3)c2)CC1. The molecule has 228 valence electrons. The summed E-state index contributed by atoms with van der Waals surface area (Å²) in [7, 11) is -0.881. The van der Waals surface area contributed by atoms with Gasteiger partial charge in [0.1, 0.15) is 17.2 Å². The van der Waals surface area contributed by atoms with Gasteiger partial charge >= 0.3 is 6.03 Å². The molecule has 3 aliphatic rings. The molecule has 1 aromatic carbocycles. The zero-order chi connectivity index (χ0) is 30.2. The fraction of sp³-hybridized carbons (Fsp3) is 0.538. The van der Waals surface area contributed by atoms with E-state index in [4.69, 9.17) is 9.47 Å². The van der Waals surface area contributed by atoms with Gasteiger partial charge in [0, 0.05) is 72.9 Å². The van der Waals surface area contributed by atoms with Crippen molar-refractivity contribution in [3.05, 3.63) is 51.5 Å². The van der Waals surface area contributed by atoms with Crippen molar-refractivity contribution in [2.45, 2.75) is 36.4 Å². The summed E-state index contributed by atoms with van der Waals surface area (Å²) in [5, 5.41) is 13.0. The standard InChI is InChI=1S/C26H33FN6O8S/c1-30(2)25(37)31-5-7-32(8-6-31)42(38,39)19-14-17(13-18(27)15-19)16-28-22(35)20-21(34)23(36)33-9-12-41-26(24(33)29-20)3-10-40-11-4-26/h13-15,34H,3-12,16H2,1-2H3,(H,28,35). The summed E-state index contributed by atoms with van der Waals surface area (Å²) in [4.78, 5) is 45.2. The van der Waals surface area contributed by atoms with E-state index in [1.165, 1.54) is 24.7 Å². The first kappa shape index (κ1) is 29.9. The highest BCUT2D eigenvalue weighted by Crippen LogP contribution is 2.37. The first-order valence-corrected chi connectivity index (χ1v) is 15.0. The number of sulfonamides is 1. The normalized spacial score (nSPS) is 18.9. The summed E-state index contributed by atoms with van der Waals surface area (Å²) < 4.78 is 55.0. The molecule has 5 rings (SSSR count). The molecule has 0 radical (unpaired) electrons. The lowest BCUT2D eigenvalue weighted by Gasteiger charge is -2.40. The van der Waals surface area contributed by atoms with E-state index < -0.39 is 44.4 Å². The van der Waals surface area contributed by atoms with Crippen LogP contribution in [0.2, 0.25) is 0 Å². The Bertz CT molecular complexity index is 1550. The van der Waals surface area contributed by atoms with Crippen LogP contribution in [0.1, 0.15) is 34.7 Å². The van der Waals surface area contributed by atoms with E-state index in [0.29, 0.717) is 26.1 Å². The van der Waals surface area contributed by atoms with Crippen LogP contribution in [-0.2, 0) is 38.2 Å². The predicted octanol–water partition coefficient (Wildman–Crippen LogP) is 0.0418. The number of carbonyl (C=O) groups is 2. The topological polar surface area (TPSA) is 164 Å². The molecule has 0 unspecified atom stereocenters. The van der Waals surface area contributed by atoms with E-state index >= 15 is 0 Å². The molecule has 0 saturated carbocycles. The van der Waals surface area contributed by atoms with Crippen LogP contribution in [0.4, 0.5) is 9.18 Å². The van der Waals surface area contributed by atoms with Gasteiger partial charge in [0.2, 0.25) is 15.8 Å². The highest BCUT2D eigenvalue weighted by molar-refractivity contribution is 7.89. The number of piperazine rings is 1. The quantitative estimate of drug-likeness (QED) is 0.477. The Morgan fingerprint density at radius 1 is 1.10 bits per heavy atom.